The van der Waals surface area contributed by atoms with Gasteiger partial charge in [-0.25, -0.2) is 9.67 Å². The monoisotopic (exact) mass is 346 g/mol. The van der Waals surface area contributed by atoms with Crippen molar-refractivity contribution >= 4 is 17.2 Å². The van der Waals surface area contributed by atoms with Gasteiger partial charge >= 0.3 is 0 Å². The molecular weight excluding hydrogens is 328 g/mol. The quantitative estimate of drug-likeness (QED) is 0.342. The summed E-state index contributed by atoms with van der Waals surface area (Å²) < 4.78 is 3.74. The van der Waals surface area contributed by atoms with Crippen LogP contribution >= 0.6 is 0 Å². The van der Waals surface area contributed by atoms with Gasteiger partial charge in [-0.1, -0.05) is 29.4 Å². The van der Waals surface area contributed by atoms with E-state index < -0.39 is 0 Å². The molecule has 4 aromatic rings. The largest absolute Gasteiger partial charge is 0.411 e. The predicted molar refractivity (Wildman–Crippen MR) is 99.0 cm³/mol. The van der Waals surface area contributed by atoms with Crippen molar-refractivity contribution < 1.29 is 5.21 Å². The summed E-state index contributed by atoms with van der Waals surface area (Å²) >= 11 is 0. The van der Waals surface area contributed by atoms with E-state index >= 15 is 0 Å². The van der Waals surface area contributed by atoms with Gasteiger partial charge in [-0.3, -0.25) is 0 Å². The molecule has 0 fully saturated rings. The zero-order valence-corrected chi connectivity index (χ0v) is 14.3. The maximum Gasteiger partial charge on any atom is 0.140 e. The van der Waals surface area contributed by atoms with Crippen LogP contribution in [0.25, 0.3) is 16.7 Å². The van der Waals surface area contributed by atoms with E-state index in [-0.39, 0.29) is 0 Å². The zero-order chi connectivity index (χ0) is 17.9. The molecule has 7 heteroatoms. The van der Waals surface area contributed by atoms with Crippen molar-refractivity contribution in [1.82, 2.24) is 24.5 Å². The molecule has 0 saturated heterocycles. The van der Waals surface area contributed by atoms with Gasteiger partial charge in [0.05, 0.1) is 24.6 Å². The Morgan fingerprint density at radius 2 is 2.00 bits per heavy atom. The van der Waals surface area contributed by atoms with Crippen LogP contribution in [0.5, 0.6) is 0 Å². The Morgan fingerprint density at radius 3 is 2.77 bits per heavy atom. The van der Waals surface area contributed by atoms with Gasteiger partial charge in [0.2, 0.25) is 0 Å². The number of pyridine rings is 1. The molecule has 0 unspecified atom stereocenters. The average Bonchev–Trinajstić information content (AvgIpc) is 3.28. The number of rotatable bonds is 5. The summed E-state index contributed by atoms with van der Waals surface area (Å²) in [5.41, 5.74) is 4.70. The molecule has 0 atom stereocenters. The van der Waals surface area contributed by atoms with E-state index in [1.807, 2.05) is 41.2 Å². The molecule has 0 aliphatic heterocycles. The highest BCUT2D eigenvalue weighted by Crippen LogP contribution is 2.19. The van der Waals surface area contributed by atoms with E-state index in [0.29, 0.717) is 6.54 Å². The zero-order valence-electron chi connectivity index (χ0n) is 14.3. The minimum atomic E-state index is 0.528. The SMILES string of the molecule is CCc1ccc(-n2cc(Cn3cc(/C=N/O)c4cccnc43)nn2)cc1. The van der Waals surface area contributed by atoms with E-state index in [9.17, 15) is 0 Å². The van der Waals surface area contributed by atoms with Crippen LogP contribution in [0.4, 0.5) is 0 Å². The number of benzene rings is 1. The first kappa shape index (κ1) is 16.0. The van der Waals surface area contributed by atoms with Crippen LogP contribution in [0.3, 0.4) is 0 Å². The van der Waals surface area contributed by atoms with E-state index in [1.54, 1.807) is 10.9 Å². The first-order chi connectivity index (χ1) is 12.8. The normalized spacial score (nSPS) is 11.6. The van der Waals surface area contributed by atoms with Crippen LogP contribution in [-0.4, -0.2) is 36.0 Å². The van der Waals surface area contributed by atoms with E-state index in [1.165, 1.54) is 11.8 Å². The molecule has 26 heavy (non-hydrogen) atoms. The molecule has 0 spiro atoms. The lowest BCUT2D eigenvalue weighted by atomic mass is 10.1. The highest BCUT2D eigenvalue weighted by atomic mass is 16.4. The highest BCUT2D eigenvalue weighted by Gasteiger charge is 2.10. The van der Waals surface area contributed by atoms with Crippen LogP contribution in [0.15, 0.2) is 60.1 Å². The lowest BCUT2D eigenvalue weighted by Crippen LogP contribution is -1.99. The second-order valence-electron chi connectivity index (χ2n) is 6.01. The van der Waals surface area contributed by atoms with Crippen molar-refractivity contribution in [3.63, 3.8) is 0 Å². The molecule has 130 valence electrons. The molecule has 7 nitrogen and oxygen atoms in total. The standard InChI is InChI=1S/C19H18N6O/c1-2-14-5-7-17(8-6-14)25-13-16(22-23-25)12-24-11-15(10-21-26)18-4-3-9-20-19(18)24/h3-11,13,26H,2,12H2,1H3/b21-10+. The Balaban J connectivity index is 1.64. The van der Waals surface area contributed by atoms with Crippen molar-refractivity contribution in [3.05, 3.63) is 71.8 Å². The van der Waals surface area contributed by atoms with Gasteiger partial charge in [0.25, 0.3) is 0 Å². The molecule has 3 aromatic heterocycles. The van der Waals surface area contributed by atoms with Crippen molar-refractivity contribution in [2.45, 2.75) is 19.9 Å². The maximum atomic E-state index is 8.86. The first-order valence-corrected chi connectivity index (χ1v) is 8.40. The Bertz CT molecular complexity index is 1060. The van der Waals surface area contributed by atoms with Crippen molar-refractivity contribution in [2.24, 2.45) is 5.16 Å². The van der Waals surface area contributed by atoms with Gasteiger partial charge in [0, 0.05) is 23.3 Å². The van der Waals surface area contributed by atoms with Crippen molar-refractivity contribution in [1.29, 1.82) is 0 Å². The van der Waals surface area contributed by atoms with Gasteiger partial charge in [-0.2, -0.15) is 0 Å². The number of hydrogen-bond acceptors (Lipinski definition) is 5. The molecule has 0 aliphatic carbocycles. The highest BCUT2D eigenvalue weighted by molar-refractivity contribution is 5.97. The summed E-state index contributed by atoms with van der Waals surface area (Å²) in [6.07, 6.45) is 7.97. The smallest absolute Gasteiger partial charge is 0.140 e. The van der Waals surface area contributed by atoms with E-state index in [4.69, 9.17) is 5.21 Å². The molecule has 0 amide bonds. The van der Waals surface area contributed by atoms with Crippen LogP contribution in [0.2, 0.25) is 0 Å². The second kappa shape index (κ2) is 6.79. The fourth-order valence-corrected chi connectivity index (χ4v) is 2.99. The van der Waals surface area contributed by atoms with Crippen molar-refractivity contribution in [3.8, 4) is 5.69 Å². The molecule has 0 radical (unpaired) electrons. The fraction of sp³-hybridized carbons (Fsp3) is 0.158. The van der Waals surface area contributed by atoms with Gasteiger partial charge < -0.3 is 9.77 Å². The lowest BCUT2D eigenvalue weighted by Gasteiger charge is -2.02. The van der Waals surface area contributed by atoms with E-state index in [2.05, 4.69) is 39.5 Å². The van der Waals surface area contributed by atoms with Crippen LogP contribution in [0, 0.1) is 0 Å². The van der Waals surface area contributed by atoms with Crippen LogP contribution in [0.1, 0.15) is 23.7 Å². The summed E-state index contributed by atoms with van der Waals surface area (Å²) in [4.78, 5) is 4.43. The Hall–Kier alpha value is -3.48. The molecule has 1 aromatic carbocycles. The molecule has 0 aliphatic rings. The molecule has 0 bridgehead atoms. The minimum Gasteiger partial charge on any atom is -0.411 e. The third-order valence-corrected chi connectivity index (χ3v) is 4.34. The number of nitrogens with zero attached hydrogens (tertiary/aromatic N) is 6. The Labute approximate surface area is 150 Å². The number of hydrogen-bond donors (Lipinski definition) is 1. The van der Waals surface area contributed by atoms with Crippen molar-refractivity contribution in [2.75, 3.05) is 0 Å². The minimum absolute atomic E-state index is 0.528. The first-order valence-electron chi connectivity index (χ1n) is 8.40. The van der Waals surface area contributed by atoms with Gasteiger partial charge in [0.15, 0.2) is 0 Å². The lowest BCUT2D eigenvalue weighted by molar-refractivity contribution is 0.322. The molecule has 0 saturated carbocycles. The number of oxime groups is 1. The summed E-state index contributed by atoms with van der Waals surface area (Å²) in [5.74, 6) is 0. The molecule has 1 N–H and O–H groups in total. The summed E-state index contributed by atoms with van der Waals surface area (Å²) in [5, 5.41) is 21.4. The molecular formula is C19H18N6O. The topological polar surface area (TPSA) is 81.1 Å². The molecule has 4 rings (SSSR count). The predicted octanol–water partition coefficient (Wildman–Crippen LogP) is 3.04. The van der Waals surface area contributed by atoms with Crippen LogP contribution in [-0.2, 0) is 13.0 Å². The third-order valence-electron chi connectivity index (χ3n) is 4.34. The fourth-order valence-electron chi connectivity index (χ4n) is 2.99. The number of aromatic nitrogens is 5. The second-order valence-corrected chi connectivity index (χ2v) is 6.01. The van der Waals surface area contributed by atoms with Gasteiger partial charge in [-0.05, 0) is 36.2 Å². The third kappa shape index (κ3) is 2.95. The summed E-state index contributed by atoms with van der Waals surface area (Å²) in [6.45, 7) is 2.66. The Kier molecular flexibility index (Phi) is 4.18. The van der Waals surface area contributed by atoms with Crippen LogP contribution < -0.4 is 0 Å². The summed E-state index contributed by atoms with van der Waals surface area (Å²) in [7, 11) is 0. The number of fused-ring (bicyclic) bond motifs is 1. The van der Waals surface area contributed by atoms with Gasteiger partial charge in [-0.15, -0.1) is 5.10 Å². The maximum absolute atomic E-state index is 8.86. The summed E-state index contributed by atoms with van der Waals surface area (Å²) in [6, 6.07) is 12.1. The molecule has 3 heterocycles. The van der Waals surface area contributed by atoms with E-state index in [0.717, 1.165) is 34.4 Å². The average molecular weight is 346 g/mol. The number of aryl methyl sites for hydroxylation is 1. The Morgan fingerprint density at radius 1 is 1.15 bits per heavy atom. The van der Waals surface area contributed by atoms with Gasteiger partial charge in [0.1, 0.15) is 11.3 Å².